The van der Waals surface area contributed by atoms with E-state index in [1.54, 1.807) is 25.3 Å². The minimum atomic E-state index is -3.61. The van der Waals surface area contributed by atoms with Crippen molar-refractivity contribution in [1.29, 1.82) is 0 Å². The first-order chi connectivity index (χ1) is 9.44. The lowest BCUT2D eigenvalue weighted by atomic mass is 10.2. The summed E-state index contributed by atoms with van der Waals surface area (Å²) in [5, 5.41) is 2.59. The topological polar surface area (TPSA) is 85.1 Å². The molecule has 0 saturated heterocycles. The third-order valence-corrected chi connectivity index (χ3v) is 5.46. The molecule has 1 aromatic carbocycles. The van der Waals surface area contributed by atoms with Crippen LogP contribution in [0.15, 0.2) is 34.7 Å². The van der Waals surface area contributed by atoms with E-state index in [2.05, 4.69) is 9.71 Å². The summed E-state index contributed by atoms with van der Waals surface area (Å²) < 4.78 is 27.7. The van der Waals surface area contributed by atoms with Gasteiger partial charge in [-0.05, 0) is 31.0 Å². The fourth-order valence-electron chi connectivity index (χ4n) is 1.87. The number of nitrogens with zero attached hydrogens (tertiary/aromatic N) is 1. The Balaban J connectivity index is 2.33. The molecule has 1 atom stereocenters. The van der Waals surface area contributed by atoms with Gasteiger partial charge in [-0.15, -0.1) is 11.3 Å². The highest BCUT2D eigenvalue weighted by Crippen LogP contribution is 2.24. The Morgan fingerprint density at radius 1 is 1.45 bits per heavy atom. The zero-order chi connectivity index (χ0) is 14.8. The fourth-order valence-corrected chi connectivity index (χ4v) is 4.28. The Morgan fingerprint density at radius 2 is 2.20 bits per heavy atom. The van der Waals surface area contributed by atoms with Crippen molar-refractivity contribution in [2.45, 2.75) is 31.2 Å². The van der Waals surface area contributed by atoms with E-state index in [-0.39, 0.29) is 10.9 Å². The van der Waals surface area contributed by atoms with Crippen LogP contribution < -0.4 is 10.5 Å². The van der Waals surface area contributed by atoms with Crippen molar-refractivity contribution in [3.63, 3.8) is 0 Å². The summed E-state index contributed by atoms with van der Waals surface area (Å²) in [6, 6.07) is 4.55. The number of rotatable bonds is 5. The molecule has 0 radical (unpaired) electrons. The lowest BCUT2D eigenvalue weighted by molar-refractivity contribution is 0.548. The van der Waals surface area contributed by atoms with Crippen molar-refractivity contribution in [2.24, 2.45) is 0 Å². The quantitative estimate of drug-likeness (QED) is 0.831. The van der Waals surface area contributed by atoms with E-state index in [9.17, 15) is 8.42 Å². The zero-order valence-corrected chi connectivity index (χ0v) is 13.0. The van der Waals surface area contributed by atoms with Crippen LogP contribution in [-0.4, -0.2) is 13.4 Å². The van der Waals surface area contributed by atoms with Crippen LogP contribution in [0.25, 0.3) is 0 Å². The van der Waals surface area contributed by atoms with Crippen molar-refractivity contribution in [2.75, 3.05) is 5.73 Å². The van der Waals surface area contributed by atoms with Crippen LogP contribution in [0.5, 0.6) is 0 Å². The highest BCUT2D eigenvalue weighted by atomic mass is 32.2. The van der Waals surface area contributed by atoms with Crippen LogP contribution in [-0.2, 0) is 10.0 Å². The molecule has 2 rings (SSSR count). The minimum absolute atomic E-state index is 0.215. The normalized spacial score (nSPS) is 13.3. The Morgan fingerprint density at radius 3 is 2.80 bits per heavy atom. The maximum atomic E-state index is 12.5. The van der Waals surface area contributed by atoms with Crippen LogP contribution >= 0.6 is 11.3 Å². The predicted octanol–water partition coefficient (Wildman–Crippen LogP) is 2.46. The summed E-state index contributed by atoms with van der Waals surface area (Å²) in [6.45, 7) is 3.67. The second-order valence-corrected chi connectivity index (χ2v) is 7.09. The second-order valence-electron chi connectivity index (χ2n) is 4.48. The molecule has 1 aromatic heterocycles. The van der Waals surface area contributed by atoms with Gasteiger partial charge in [-0.25, -0.2) is 18.1 Å². The SMILES string of the molecule is CCC(NS(=O)(=O)c1cc(N)ccc1C)c1nccs1. The molecule has 0 bridgehead atoms. The van der Waals surface area contributed by atoms with Gasteiger partial charge in [-0.3, -0.25) is 0 Å². The van der Waals surface area contributed by atoms with Crippen LogP contribution in [0.2, 0.25) is 0 Å². The number of nitrogens with two attached hydrogens (primary N) is 1. The Hall–Kier alpha value is -1.44. The highest BCUT2D eigenvalue weighted by molar-refractivity contribution is 7.89. The molecular weight excluding hydrogens is 294 g/mol. The van der Waals surface area contributed by atoms with Gasteiger partial charge in [0.1, 0.15) is 5.01 Å². The lowest BCUT2D eigenvalue weighted by Gasteiger charge is -2.16. The predicted molar refractivity (Wildman–Crippen MR) is 81.1 cm³/mol. The van der Waals surface area contributed by atoms with E-state index >= 15 is 0 Å². The number of anilines is 1. The summed E-state index contributed by atoms with van der Waals surface area (Å²) in [4.78, 5) is 4.39. The molecule has 3 N–H and O–H groups in total. The van der Waals surface area contributed by atoms with Crippen molar-refractivity contribution in [1.82, 2.24) is 9.71 Å². The van der Waals surface area contributed by atoms with Gasteiger partial charge in [0, 0.05) is 17.3 Å². The third-order valence-electron chi connectivity index (χ3n) is 2.96. The largest absolute Gasteiger partial charge is 0.399 e. The standard InChI is InChI=1S/C13H17N3O2S2/c1-3-11(13-15-6-7-19-13)16-20(17,18)12-8-10(14)5-4-9(12)2/h4-8,11,16H,3,14H2,1-2H3. The van der Waals surface area contributed by atoms with Gasteiger partial charge in [0.15, 0.2) is 0 Å². The average Bonchev–Trinajstić information content (AvgIpc) is 2.92. The summed E-state index contributed by atoms with van der Waals surface area (Å²) in [7, 11) is -3.61. The van der Waals surface area contributed by atoms with E-state index in [0.717, 1.165) is 5.01 Å². The van der Waals surface area contributed by atoms with Crippen molar-refractivity contribution >= 4 is 27.0 Å². The molecule has 7 heteroatoms. The second kappa shape index (κ2) is 5.90. The van der Waals surface area contributed by atoms with Crippen LogP contribution in [0.1, 0.15) is 30.0 Å². The molecule has 0 amide bonds. The Kier molecular flexibility index (Phi) is 4.42. The van der Waals surface area contributed by atoms with Crippen molar-refractivity contribution in [3.05, 3.63) is 40.3 Å². The lowest BCUT2D eigenvalue weighted by Crippen LogP contribution is -2.28. The van der Waals surface area contributed by atoms with Crippen molar-refractivity contribution in [3.8, 4) is 0 Å². The monoisotopic (exact) mass is 311 g/mol. The van der Waals surface area contributed by atoms with Crippen LogP contribution in [0.3, 0.4) is 0 Å². The molecular formula is C13H17N3O2S2. The first-order valence-electron chi connectivity index (χ1n) is 6.22. The van der Waals surface area contributed by atoms with Crippen molar-refractivity contribution < 1.29 is 8.42 Å². The van der Waals surface area contributed by atoms with E-state index in [0.29, 0.717) is 17.7 Å². The van der Waals surface area contributed by atoms with E-state index < -0.39 is 10.0 Å². The van der Waals surface area contributed by atoms with Gasteiger partial charge in [0.05, 0.1) is 10.9 Å². The molecule has 20 heavy (non-hydrogen) atoms. The minimum Gasteiger partial charge on any atom is -0.399 e. The summed E-state index contributed by atoms with van der Waals surface area (Å²) >= 11 is 1.44. The first-order valence-corrected chi connectivity index (χ1v) is 8.58. The summed E-state index contributed by atoms with van der Waals surface area (Å²) in [5.74, 6) is 0. The molecule has 0 saturated carbocycles. The van der Waals surface area contributed by atoms with Crippen LogP contribution in [0.4, 0.5) is 5.69 Å². The van der Waals surface area contributed by atoms with Crippen LogP contribution in [0, 0.1) is 6.92 Å². The number of sulfonamides is 1. The first kappa shape index (κ1) is 15.0. The molecule has 0 aliphatic heterocycles. The number of aryl methyl sites for hydroxylation is 1. The number of nitrogens with one attached hydrogen (secondary N) is 1. The third kappa shape index (κ3) is 3.17. The number of hydrogen-bond acceptors (Lipinski definition) is 5. The maximum absolute atomic E-state index is 12.5. The maximum Gasteiger partial charge on any atom is 0.241 e. The zero-order valence-electron chi connectivity index (χ0n) is 11.3. The molecule has 5 nitrogen and oxygen atoms in total. The number of nitrogen functional groups attached to an aromatic ring is 1. The van der Waals surface area contributed by atoms with E-state index in [1.807, 2.05) is 12.3 Å². The summed E-state index contributed by atoms with van der Waals surface area (Å²) in [5.41, 5.74) is 6.78. The summed E-state index contributed by atoms with van der Waals surface area (Å²) in [6.07, 6.45) is 2.30. The highest BCUT2D eigenvalue weighted by Gasteiger charge is 2.23. The smallest absolute Gasteiger partial charge is 0.241 e. The molecule has 2 aromatic rings. The molecule has 108 valence electrons. The Labute approximate surface area is 122 Å². The molecule has 0 fully saturated rings. The van der Waals surface area contributed by atoms with Gasteiger partial charge in [-0.2, -0.15) is 0 Å². The molecule has 1 unspecified atom stereocenters. The molecule has 0 aliphatic carbocycles. The fraction of sp³-hybridized carbons (Fsp3) is 0.308. The average molecular weight is 311 g/mol. The van der Waals surface area contributed by atoms with E-state index in [1.165, 1.54) is 17.4 Å². The number of thiazole rings is 1. The number of hydrogen-bond donors (Lipinski definition) is 2. The van der Waals surface area contributed by atoms with Gasteiger partial charge >= 0.3 is 0 Å². The van der Waals surface area contributed by atoms with Gasteiger partial charge in [-0.1, -0.05) is 13.0 Å². The molecule has 0 aliphatic rings. The molecule has 0 spiro atoms. The number of aromatic nitrogens is 1. The van der Waals surface area contributed by atoms with Gasteiger partial charge < -0.3 is 5.73 Å². The number of benzene rings is 1. The molecule has 1 heterocycles. The van der Waals surface area contributed by atoms with Gasteiger partial charge in [0.25, 0.3) is 0 Å². The Bertz CT molecular complexity index is 682. The van der Waals surface area contributed by atoms with Gasteiger partial charge in [0.2, 0.25) is 10.0 Å². The van der Waals surface area contributed by atoms with E-state index in [4.69, 9.17) is 5.73 Å².